The van der Waals surface area contributed by atoms with Crippen molar-refractivity contribution >= 4 is 0 Å². The Labute approximate surface area is 103 Å². The normalized spacial score (nSPS) is 11.2. The fourth-order valence-electron chi connectivity index (χ4n) is 1.45. The molecule has 4 nitrogen and oxygen atoms in total. The van der Waals surface area contributed by atoms with Crippen molar-refractivity contribution in [1.82, 2.24) is 15.2 Å². The van der Waals surface area contributed by atoms with Crippen molar-refractivity contribution < 1.29 is 13.5 Å². The van der Waals surface area contributed by atoms with Gasteiger partial charge in [0.1, 0.15) is 11.6 Å². The van der Waals surface area contributed by atoms with E-state index in [1.165, 1.54) is 12.1 Å². The van der Waals surface area contributed by atoms with Gasteiger partial charge in [0.2, 0.25) is 0 Å². The molecule has 0 fully saturated rings. The Morgan fingerprint density at radius 2 is 1.83 bits per heavy atom. The molecule has 0 atom stereocenters. The minimum absolute atomic E-state index is 0.119. The summed E-state index contributed by atoms with van der Waals surface area (Å²) >= 11 is 0. The average molecular weight is 253 g/mol. The lowest BCUT2D eigenvalue weighted by molar-refractivity contribution is -0.0498. The molecule has 18 heavy (non-hydrogen) atoms. The number of ether oxygens (including phenoxy) is 1. The molecule has 1 aromatic heterocycles. The maximum absolute atomic E-state index is 12.0. The molecule has 0 radical (unpaired) electrons. The molecule has 0 spiro atoms. The fraction of sp³-hybridized carbons (Fsp3) is 0.333. The van der Waals surface area contributed by atoms with Gasteiger partial charge >= 0.3 is 6.61 Å². The molecule has 2 rings (SSSR count). The van der Waals surface area contributed by atoms with E-state index in [1.807, 2.05) is 13.8 Å². The summed E-state index contributed by atoms with van der Waals surface area (Å²) in [4.78, 5) is 4.31. The number of nitrogens with zero attached hydrogens (tertiary/aromatic N) is 2. The van der Waals surface area contributed by atoms with Crippen molar-refractivity contribution in [1.29, 1.82) is 0 Å². The van der Waals surface area contributed by atoms with Crippen LogP contribution in [0.15, 0.2) is 24.3 Å². The molecule has 6 heteroatoms. The van der Waals surface area contributed by atoms with E-state index in [0.29, 0.717) is 5.82 Å². The largest absolute Gasteiger partial charge is 0.435 e. The number of benzene rings is 1. The van der Waals surface area contributed by atoms with Gasteiger partial charge < -0.3 is 4.74 Å². The summed E-state index contributed by atoms with van der Waals surface area (Å²) in [6.45, 7) is 1.19. The van der Waals surface area contributed by atoms with E-state index in [2.05, 4.69) is 19.9 Å². The average Bonchev–Trinajstić information content (AvgIpc) is 2.78. The molecule has 0 saturated carbocycles. The Balaban J connectivity index is 2.17. The maximum atomic E-state index is 12.0. The van der Waals surface area contributed by atoms with Crippen molar-refractivity contribution in [2.75, 3.05) is 0 Å². The van der Waals surface area contributed by atoms with Gasteiger partial charge in [-0.05, 0) is 24.3 Å². The van der Waals surface area contributed by atoms with Gasteiger partial charge in [0.05, 0.1) is 0 Å². The van der Waals surface area contributed by atoms with Crippen LogP contribution in [0.5, 0.6) is 5.75 Å². The van der Waals surface area contributed by atoms with E-state index < -0.39 is 6.61 Å². The summed E-state index contributed by atoms with van der Waals surface area (Å²) in [6, 6.07) is 6.22. The van der Waals surface area contributed by atoms with Gasteiger partial charge in [-0.2, -0.15) is 13.9 Å². The van der Waals surface area contributed by atoms with Gasteiger partial charge in [-0.15, -0.1) is 0 Å². The second kappa shape index (κ2) is 5.12. The van der Waals surface area contributed by atoms with Crippen LogP contribution in [0.25, 0.3) is 11.4 Å². The molecule has 0 unspecified atom stereocenters. The standard InChI is InChI=1S/C12H13F2N3O/c1-7(2)10-15-11(17-16-10)8-3-5-9(6-4-8)18-12(13)14/h3-7,12H,1-2H3,(H,15,16,17). The molecular weight excluding hydrogens is 240 g/mol. The van der Waals surface area contributed by atoms with Crippen molar-refractivity contribution in [3.8, 4) is 17.1 Å². The van der Waals surface area contributed by atoms with Crippen LogP contribution < -0.4 is 4.74 Å². The third-order valence-corrected chi connectivity index (χ3v) is 2.39. The zero-order chi connectivity index (χ0) is 13.1. The molecule has 1 aromatic carbocycles. The van der Waals surface area contributed by atoms with Gasteiger partial charge in [-0.3, -0.25) is 5.10 Å². The van der Waals surface area contributed by atoms with Crippen LogP contribution in [-0.2, 0) is 0 Å². The summed E-state index contributed by atoms with van der Waals surface area (Å²) in [7, 11) is 0. The molecule has 0 aliphatic carbocycles. The highest BCUT2D eigenvalue weighted by Gasteiger charge is 2.09. The van der Waals surface area contributed by atoms with Crippen molar-refractivity contribution in [2.24, 2.45) is 0 Å². The van der Waals surface area contributed by atoms with Crippen LogP contribution in [0.4, 0.5) is 8.78 Å². The first-order chi connectivity index (χ1) is 8.56. The number of halogens is 2. The Bertz CT molecular complexity index is 508. The molecule has 1 N–H and O–H groups in total. The molecule has 0 saturated heterocycles. The first-order valence-electron chi connectivity index (χ1n) is 5.54. The first kappa shape index (κ1) is 12.5. The number of H-pyrrole nitrogens is 1. The topological polar surface area (TPSA) is 50.8 Å². The van der Waals surface area contributed by atoms with Crippen molar-refractivity contribution in [3.05, 3.63) is 30.1 Å². The van der Waals surface area contributed by atoms with Crippen LogP contribution in [0, 0.1) is 0 Å². The summed E-state index contributed by atoms with van der Waals surface area (Å²) in [5.41, 5.74) is 0.750. The molecule has 0 amide bonds. The van der Waals surface area contributed by atoms with E-state index in [4.69, 9.17) is 0 Å². The highest BCUT2D eigenvalue weighted by Crippen LogP contribution is 2.21. The monoisotopic (exact) mass is 253 g/mol. The number of hydrogen-bond donors (Lipinski definition) is 1. The number of nitrogens with one attached hydrogen (secondary N) is 1. The Morgan fingerprint density at radius 1 is 1.17 bits per heavy atom. The van der Waals surface area contributed by atoms with E-state index in [9.17, 15) is 8.78 Å². The quantitative estimate of drug-likeness (QED) is 0.910. The number of aromatic amines is 1. The minimum atomic E-state index is -2.81. The summed E-state index contributed by atoms with van der Waals surface area (Å²) < 4.78 is 28.2. The molecule has 0 aliphatic heterocycles. The van der Waals surface area contributed by atoms with Gasteiger partial charge in [-0.1, -0.05) is 13.8 Å². The third kappa shape index (κ3) is 2.82. The molecule has 2 aromatic rings. The molecule has 0 bridgehead atoms. The molecular formula is C12H13F2N3O. The third-order valence-electron chi connectivity index (χ3n) is 2.39. The molecule has 1 heterocycles. The van der Waals surface area contributed by atoms with E-state index in [1.54, 1.807) is 12.1 Å². The van der Waals surface area contributed by atoms with Crippen molar-refractivity contribution in [3.63, 3.8) is 0 Å². The maximum Gasteiger partial charge on any atom is 0.387 e. The highest BCUT2D eigenvalue weighted by molar-refractivity contribution is 5.55. The Kier molecular flexibility index (Phi) is 3.55. The highest BCUT2D eigenvalue weighted by atomic mass is 19.3. The van der Waals surface area contributed by atoms with Crippen LogP contribution in [0.1, 0.15) is 25.6 Å². The Hall–Kier alpha value is -1.98. The summed E-state index contributed by atoms with van der Waals surface area (Å²) in [6.07, 6.45) is 0. The fourth-order valence-corrected chi connectivity index (χ4v) is 1.45. The summed E-state index contributed by atoms with van der Waals surface area (Å²) in [5, 5.41) is 6.91. The van der Waals surface area contributed by atoms with Gasteiger partial charge in [-0.25, -0.2) is 4.98 Å². The van der Waals surface area contributed by atoms with Crippen molar-refractivity contribution in [2.45, 2.75) is 26.4 Å². The Morgan fingerprint density at radius 3 is 2.33 bits per heavy atom. The SMILES string of the molecule is CC(C)c1nc(-c2ccc(OC(F)F)cc2)n[nH]1. The van der Waals surface area contributed by atoms with Crippen LogP contribution in [0.2, 0.25) is 0 Å². The van der Waals surface area contributed by atoms with Crippen LogP contribution in [0.3, 0.4) is 0 Å². The van der Waals surface area contributed by atoms with Gasteiger partial charge in [0, 0.05) is 11.5 Å². The number of aromatic nitrogens is 3. The second-order valence-corrected chi connectivity index (χ2v) is 4.10. The lowest BCUT2D eigenvalue weighted by Gasteiger charge is -2.03. The zero-order valence-electron chi connectivity index (χ0n) is 10.0. The number of alkyl halides is 2. The number of rotatable bonds is 4. The number of hydrogen-bond acceptors (Lipinski definition) is 3. The van der Waals surface area contributed by atoms with Gasteiger partial charge in [0.15, 0.2) is 5.82 Å². The van der Waals surface area contributed by atoms with E-state index in [0.717, 1.165) is 11.4 Å². The van der Waals surface area contributed by atoms with Crippen LogP contribution in [-0.4, -0.2) is 21.8 Å². The first-order valence-corrected chi connectivity index (χ1v) is 5.54. The van der Waals surface area contributed by atoms with Crippen LogP contribution >= 0.6 is 0 Å². The summed E-state index contributed by atoms with van der Waals surface area (Å²) in [5.74, 6) is 1.71. The van der Waals surface area contributed by atoms with E-state index in [-0.39, 0.29) is 11.7 Å². The smallest absolute Gasteiger partial charge is 0.387 e. The zero-order valence-corrected chi connectivity index (χ0v) is 10.0. The minimum Gasteiger partial charge on any atom is -0.435 e. The molecule has 96 valence electrons. The van der Waals surface area contributed by atoms with Gasteiger partial charge in [0.25, 0.3) is 0 Å². The van der Waals surface area contributed by atoms with E-state index >= 15 is 0 Å². The predicted octanol–water partition coefficient (Wildman–Crippen LogP) is 3.20. The predicted molar refractivity (Wildman–Crippen MR) is 62.5 cm³/mol. The molecule has 0 aliphatic rings. The lowest BCUT2D eigenvalue weighted by atomic mass is 10.2. The lowest BCUT2D eigenvalue weighted by Crippen LogP contribution is -2.01. The second-order valence-electron chi connectivity index (χ2n) is 4.10.